The van der Waals surface area contributed by atoms with Gasteiger partial charge >= 0.3 is 0 Å². The van der Waals surface area contributed by atoms with E-state index in [0.29, 0.717) is 22.2 Å². The number of halogens is 3. The Balaban J connectivity index is 1.93. The van der Waals surface area contributed by atoms with E-state index in [4.69, 9.17) is 23.2 Å². The van der Waals surface area contributed by atoms with Gasteiger partial charge in [-0.05, 0) is 43.7 Å². The van der Waals surface area contributed by atoms with Crippen LogP contribution in [0.25, 0.3) is 0 Å². The number of nitrogens with one attached hydrogen (secondary N) is 1. The summed E-state index contributed by atoms with van der Waals surface area (Å²) >= 11 is 12.0. The average molecular weight is 328 g/mol. The SMILES string of the molecule is CC(NCCc1ccc(Cl)cc1Cl)c1ccc(F)cc1O. The molecule has 2 nitrogen and oxygen atoms in total. The zero-order valence-electron chi connectivity index (χ0n) is 11.5. The Morgan fingerprint density at radius 2 is 1.95 bits per heavy atom. The molecule has 5 heteroatoms. The van der Waals surface area contributed by atoms with Gasteiger partial charge in [0.25, 0.3) is 0 Å². The first-order chi connectivity index (χ1) is 9.97. The van der Waals surface area contributed by atoms with Crippen molar-refractivity contribution in [2.45, 2.75) is 19.4 Å². The summed E-state index contributed by atoms with van der Waals surface area (Å²) in [6.07, 6.45) is 0.738. The Hall–Kier alpha value is -1.29. The molecule has 21 heavy (non-hydrogen) atoms. The monoisotopic (exact) mass is 327 g/mol. The summed E-state index contributed by atoms with van der Waals surface area (Å²) in [5, 5.41) is 14.3. The molecule has 0 fully saturated rings. The van der Waals surface area contributed by atoms with Crippen molar-refractivity contribution in [2.75, 3.05) is 6.54 Å². The predicted octanol–water partition coefficient (Wildman–Crippen LogP) is 4.73. The van der Waals surface area contributed by atoms with E-state index < -0.39 is 5.82 Å². The van der Waals surface area contributed by atoms with Crippen LogP contribution in [0, 0.1) is 5.82 Å². The molecule has 1 unspecified atom stereocenters. The lowest BCUT2D eigenvalue weighted by molar-refractivity contribution is 0.447. The third-order valence-corrected chi connectivity index (χ3v) is 3.91. The molecule has 0 aliphatic carbocycles. The molecule has 0 spiro atoms. The lowest BCUT2D eigenvalue weighted by atomic mass is 10.1. The topological polar surface area (TPSA) is 32.3 Å². The van der Waals surface area contributed by atoms with Crippen LogP contribution in [0.2, 0.25) is 10.0 Å². The summed E-state index contributed by atoms with van der Waals surface area (Å²) in [5.41, 5.74) is 1.67. The van der Waals surface area contributed by atoms with E-state index in [2.05, 4.69) is 5.32 Å². The number of hydrogen-bond acceptors (Lipinski definition) is 2. The third kappa shape index (κ3) is 4.34. The molecule has 0 bridgehead atoms. The lowest BCUT2D eigenvalue weighted by Crippen LogP contribution is -2.21. The molecule has 2 N–H and O–H groups in total. The van der Waals surface area contributed by atoms with Gasteiger partial charge in [0.1, 0.15) is 11.6 Å². The molecule has 0 saturated carbocycles. The summed E-state index contributed by atoms with van der Waals surface area (Å²) in [6, 6.07) is 9.36. The summed E-state index contributed by atoms with van der Waals surface area (Å²) in [5.74, 6) is -0.490. The molecular formula is C16H16Cl2FNO. The molecule has 0 amide bonds. The van der Waals surface area contributed by atoms with E-state index in [1.54, 1.807) is 18.2 Å². The van der Waals surface area contributed by atoms with Crippen molar-refractivity contribution in [2.24, 2.45) is 0 Å². The first-order valence-corrected chi connectivity index (χ1v) is 7.38. The summed E-state index contributed by atoms with van der Waals surface area (Å²) in [4.78, 5) is 0. The second-order valence-electron chi connectivity index (χ2n) is 4.86. The molecule has 1 atom stereocenters. The fraction of sp³-hybridized carbons (Fsp3) is 0.250. The largest absolute Gasteiger partial charge is 0.508 e. The van der Waals surface area contributed by atoms with Gasteiger partial charge < -0.3 is 10.4 Å². The summed E-state index contributed by atoms with van der Waals surface area (Å²) in [6.45, 7) is 2.59. The van der Waals surface area contributed by atoms with Gasteiger partial charge in [0.05, 0.1) is 0 Å². The first kappa shape index (κ1) is 16.1. The quantitative estimate of drug-likeness (QED) is 0.831. The minimum atomic E-state index is -0.448. The molecule has 112 valence electrons. The molecule has 2 aromatic rings. The van der Waals surface area contributed by atoms with Gasteiger partial charge in [0.2, 0.25) is 0 Å². The van der Waals surface area contributed by atoms with E-state index in [9.17, 15) is 9.50 Å². The Bertz CT molecular complexity index is 634. The molecular weight excluding hydrogens is 312 g/mol. The van der Waals surface area contributed by atoms with Crippen LogP contribution in [0.4, 0.5) is 4.39 Å². The lowest BCUT2D eigenvalue weighted by Gasteiger charge is -2.16. The molecule has 2 aromatic carbocycles. The Kier molecular flexibility index (Phi) is 5.45. The normalized spacial score (nSPS) is 12.4. The predicted molar refractivity (Wildman–Crippen MR) is 84.6 cm³/mol. The van der Waals surface area contributed by atoms with Gasteiger partial charge in [-0.3, -0.25) is 0 Å². The van der Waals surface area contributed by atoms with Crippen LogP contribution in [-0.2, 0) is 6.42 Å². The highest BCUT2D eigenvalue weighted by atomic mass is 35.5. The summed E-state index contributed by atoms with van der Waals surface area (Å²) < 4.78 is 13.0. The fourth-order valence-corrected chi connectivity index (χ4v) is 2.64. The third-order valence-electron chi connectivity index (χ3n) is 3.32. The van der Waals surface area contributed by atoms with Gasteiger partial charge in [-0.2, -0.15) is 0 Å². The Morgan fingerprint density at radius 3 is 2.62 bits per heavy atom. The maximum Gasteiger partial charge on any atom is 0.126 e. The second-order valence-corrected chi connectivity index (χ2v) is 5.71. The van der Waals surface area contributed by atoms with Crippen LogP contribution in [0.3, 0.4) is 0 Å². The van der Waals surface area contributed by atoms with Crippen molar-refractivity contribution in [3.63, 3.8) is 0 Å². The van der Waals surface area contributed by atoms with E-state index in [1.807, 2.05) is 13.0 Å². The minimum absolute atomic E-state index is 0.0421. The molecule has 0 aromatic heterocycles. The molecule has 0 saturated heterocycles. The zero-order valence-corrected chi connectivity index (χ0v) is 13.0. The van der Waals surface area contributed by atoms with Gasteiger partial charge in [-0.15, -0.1) is 0 Å². The Labute approximate surface area is 133 Å². The van der Waals surface area contributed by atoms with Gasteiger partial charge in [-0.1, -0.05) is 35.3 Å². The maximum atomic E-state index is 13.0. The van der Waals surface area contributed by atoms with Crippen LogP contribution < -0.4 is 5.32 Å². The maximum absolute atomic E-state index is 13.0. The number of hydrogen-bond donors (Lipinski definition) is 2. The van der Waals surface area contributed by atoms with Crippen molar-refractivity contribution in [3.05, 3.63) is 63.4 Å². The fourth-order valence-electron chi connectivity index (χ4n) is 2.14. The number of aromatic hydroxyl groups is 1. The highest BCUT2D eigenvalue weighted by molar-refractivity contribution is 6.35. The molecule has 0 aliphatic heterocycles. The number of rotatable bonds is 5. The molecule has 0 heterocycles. The Morgan fingerprint density at radius 1 is 1.19 bits per heavy atom. The number of benzene rings is 2. The second kappa shape index (κ2) is 7.12. The van der Waals surface area contributed by atoms with E-state index in [1.165, 1.54) is 6.07 Å². The highest BCUT2D eigenvalue weighted by Crippen LogP contribution is 2.25. The summed E-state index contributed by atoms with van der Waals surface area (Å²) in [7, 11) is 0. The van der Waals surface area contributed by atoms with Crippen LogP contribution in [0.1, 0.15) is 24.1 Å². The van der Waals surface area contributed by atoms with E-state index in [-0.39, 0.29) is 11.8 Å². The van der Waals surface area contributed by atoms with Crippen LogP contribution in [-0.4, -0.2) is 11.7 Å². The van der Waals surface area contributed by atoms with Crippen molar-refractivity contribution in [1.82, 2.24) is 5.32 Å². The van der Waals surface area contributed by atoms with E-state index in [0.717, 1.165) is 18.1 Å². The van der Waals surface area contributed by atoms with Crippen molar-refractivity contribution < 1.29 is 9.50 Å². The zero-order chi connectivity index (χ0) is 15.4. The smallest absolute Gasteiger partial charge is 0.126 e. The molecule has 2 rings (SSSR count). The van der Waals surface area contributed by atoms with Crippen molar-refractivity contribution in [1.29, 1.82) is 0 Å². The van der Waals surface area contributed by atoms with Crippen molar-refractivity contribution >= 4 is 23.2 Å². The number of phenolic OH excluding ortho intramolecular Hbond substituents is 1. The molecule has 0 radical (unpaired) electrons. The average Bonchev–Trinajstić information content (AvgIpc) is 2.41. The minimum Gasteiger partial charge on any atom is -0.508 e. The number of phenols is 1. The van der Waals surface area contributed by atoms with Gasteiger partial charge in [0, 0.05) is 27.7 Å². The van der Waals surface area contributed by atoms with Crippen molar-refractivity contribution in [3.8, 4) is 5.75 Å². The van der Waals surface area contributed by atoms with E-state index >= 15 is 0 Å². The highest BCUT2D eigenvalue weighted by Gasteiger charge is 2.10. The van der Waals surface area contributed by atoms with Gasteiger partial charge in [0.15, 0.2) is 0 Å². The van der Waals surface area contributed by atoms with Crippen LogP contribution >= 0.6 is 23.2 Å². The standard InChI is InChI=1S/C16H16Cl2FNO/c1-10(14-5-4-13(19)9-16(14)21)20-7-6-11-2-3-12(17)8-15(11)18/h2-5,8-10,20-21H,6-7H2,1H3. The van der Waals surface area contributed by atoms with Crippen LogP contribution in [0.15, 0.2) is 36.4 Å². The van der Waals surface area contributed by atoms with Gasteiger partial charge in [-0.25, -0.2) is 4.39 Å². The van der Waals surface area contributed by atoms with Crippen LogP contribution in [0.5, 0.6) is 5.75 Å². The molecule has 0 aliphatic rings. The first-order valence-electron chi connectivity index (χ1n) is 6.63.